The van der Waals surface area contributed by atoms with Crippen molar-refractivity contribution in [3.63, 3.8) is 0 Å². The van der Waals surface area contributed by atoms with Crippen LogP contribution < -0.4 is 4.74 Å². The molecule has 0 saturated carbocycles. The Hall–Kier alpha value is -5.28. The highest BCUT2D eigenvalue weighted by atomic mass is 16.5. The van der Waals surface area contributed by atoms with E-state index in [1.807, 2.05) is 66.9 Å². The molecule has 43 heavy (non-hydrogen) atoms. The third-order valence-corrected chi connectivity index (χ3v) is 7.68. The normalized spacial score (nSPS) is 13.0. The van der Waals surface area contributed by atoms with Gasteiger partial charge in [0.2, 0.25) is 0 Å². The zero-order valence-electron chi connectivity index (χ0n) is 24.4. The lowest BCUT2D eigenvalue weighted by Crippen LogP contribution is -2.01. The summed E-state index contributed by atoms with van der Waals surface area (Å²) in [6.45, 7) is 6.40. The van der Waals surface area contributed by atoms with Crippen molar-refractivity contribution in [1.29, 1.82) is 0 Å². The van der Waals surface area contributed by atoms with E-state index in [0.29, 0.717) is 6.42 Å². The van der Waals surface area contributed by atoms with Crippen LogP contribution in [0, 0.1) is 0 Å². The molecule has 0 bridgehead atoms. The number of rotatable bonds is 9. The second-order valence-electron chi connectivity index (χ2n) is 10.6. The molecule has 1 aliphatic rings. The van der Waals surface area contributed by atoms with Crippen LogP contribution in [0.1, 0.15) is 42.0 Å². The molecular formula is C40H34N2O. The minimum absolute atomic E-state index is 0.682. The molecule has 3 heteroatoms. The van der Waals surface area contributed by atoms with Gasteiger partial charge in [-0.1, -0.05) is 104 Å². The molecule has 0 N–H and O–H groups in total. The van der Waals surface area contributed by atoms with E-state index < -0.39 is 0 Å². The van der Waals surface area contributed by atoms with Gasteiger partial charge in [-0.2, -0.15) is 0 Å². The highest BCUT2D eigenvalue weighted by molar-refractivity contribution is 6.04. The van der Waals surface area contributed by atoms with Crippen LogP contribution in [0.5, 0.6) is 11.5 Å². The smallest absolute Gasteiger partial charge is 0.127 e. The van der Waals surface area contributed by atoms with Gasteiger partial charge in [-0.25, -0.2) is 0 Å². The lowest BCUT2D eigenvalue weighted by atomic mass is 9.96. The Morgan fingerprint density at radius 1 is 0.744 bits per heavy atom. The average Bonchev–Trinajstić information content (AvgIpc) is 3.07. The molecule has 6 rings (SSSR count). The van der Waals surface area contributed by atoms with Crippen LogP contribution >= 0.6 is 0 Å². The van der Waals surface area contributed by atoms with Gasteiger partial charge >= 0.3 is 0 Å². The van der Waals surface area contributed by atoms with Crippen molar-refractivity contribution in [3.05, 3.63) is 162 Å². The van der Waals surface area contributed by atoms with E-state index in [9.17, 15) is 0 Å². The molecule has 5 aromatic rings. The van der Waals surface area contributed by atoms with Gasteiger partial charge in [0, 0.05) is 18.2 Å². The van der Waals surface area contributed by atoms with Crippen LogP contribution in [0.2, 0.25) is 0 Å². The van der Waals surface area contributed by atoms with Crippen molar-refractivity contribution in [2.24, 2.45) is 9.98 Å². The molecule has 0 radical (unpaired) electrons. The lowest BCUT2D eigenvalue weighted by molar-refractivity contribution is 0.483. The third-order valence-electron chi connectivity index (χ3n) is 7.68. The Balaban J connectivity index is 1.21. The molecule has 0 saturated heterocycles. The maximum atomic E-state index is 6.22. The van der Waals surface area contributed by atoms with Crippen LogP contribution in [-0.2, 0) is 6.42 Å². The minimum atomic E-state index is 0.682. The van der Waals surface area contributed by atoms with E-state index >= 15 is 0 Å². The van der Waals surface area contributed by atoms with Crippen LogP contribution in [0.25, 0.3) is 22.4 Å². The molecule has 0 aliphatic carbocycles. The van der Waals surface area contributed by atoms with E-state index in [0.717, 1.165) is 63.7 Å². The predicted octanol–water partition coefficient (Wildman–Crippen LogP) is 10.7. The van der Waals surface area contributed by atoms with Crippen LogP contribution in [-0.4, -0.2) is 11.9 Å². The van der Waals surface area contributed by atoms with Gasteiger partial charge < -0.3 is 4.74 Å². The Morgan fingerprint density at radius 2 is 1.40 bits per heavy atom. The summed E-state index contributed by atoms with van der Waals surface area (Å²) in [5.41, 5.74) is 10.8. The largest absolute Gasteiger partial charge is 0.457 e. The number of nitrogens with zero attached hydrogens (tertiary/aromatic N) is 2. The van der Waals surface area contributed by atoms with Gasteiger partial charge in [0.05, 0.1) is 17.1 Å². The van der Waals surface area contributed by atoms with Gasteiger partial charge in [0.1, 0.15) is 11.5 Å². The summed E-state index contributed by atoms with van der Waals surface area (Å²) in [5, 5.41) is 0. The highest BCUT2D eigenvalue weighted by Crippen LogP contribution is 2.36. The average molecular weight is 559 g/mol. The van der Waals surface area contributed by atoms with Crippen LogP contribution in [0.15, 0.2) is 150 Å². The molecule has 0 atom stereocenters. The Labute approximate surface area is 254 Å². The van der Waals surface area contributed by atoms with Gasteiger partial charge in [0.25, 0.3) is 0 Å². The topological polar surface area (TPSA) is 34.0 Å². The number of aryl methyl sites for hydroxylation is 1. The molecule has 0 aromatic heterocycles. The number of hydrogen-bond donors (Lipinski definition) is 0. The summed E-state index contributed by atoms with van der Waals surface area (Å²) in [6, 6.07) is 43.3. The maximum Gasteiger partial charge on any atom is 0.127 e. The first-order valence-corrected chi connectivity index (χ1v) is 14.7. The minimum Gasteiger partial charge on any atom is -0.457 e. The monoisotopic (exact) mass is 558 g/mol. The second kappa shape index (κ2) is 13.1. The van der Waals surface area contributed by atoms with Gasteiger partial charge in [-0.05, 0) is 89.6 Å². The fourth-order valence-electron chi connectivity index (χ4n) is 5.26. The summed E-state index contributed by atoms with van der Waals surface area (Å²) in [4.78, 5) is 9.67. The molecule has 0 fully saturated rings. The molecular weight excluding hydrogens is 524 g/mol. The fraction of sp³-hybridized carbons (Fsp3) is 0.100. The number of ether oxygens (including phenoxy) is 1. The zero-order valence-corrected chi connectivity index (χ0v) is 24.4. The van der Waals surface area contributed by atoms with Gasteiger partial charge in [-0.3, -0.25) is 9.98 Å². The van der Waals surface area contributed by atoms with Crippen molar-refractivity contribution in [2.45, 2.75) is 26.2 Å². The second-order valence-corrected chi connectivity index (χ2v) is 10.6. The molecule has 0 amide bonds. The van der Waals surface area contributed by atoms with E-state index in [2.05, 4.69) is 91.3 Å². The molecule has 210 valence electrons. The van der Waals surface area contributed by atoms with Crippen molar-refractivity contribution >= 4 is 28.9 Å². The molecule has 1 heterocycles. The quantitative estimate of drug-likeness (QED) is 0.166. The molecule has 0 spiro atoms. The van der Waals surface area contributed by atoms with Crippen molar-refractivity contribution in [2.75, 3.05) is 0 Å². The highest BCUT2D eigenvalue weighted by Gasteiger charge is 2.12. The van der Waals surface area contributed by atoms with E-state index in [-0.39, 0.29) is 0 Å². The maximum absolute atomic E-state index is 6.22. The van der Waals surface area contributed by atoms with E-state index in [4.69, 9.17) is 9.73 Å². The standard InChI is InChI=1S/C40H34N2O/c1-29(31-11-5-3-6-12-31)18-27-39(42-30(2)32-13-7-4-8-14-32)34-21-25-37(26-22-34)43-36-23-19-33(20-24-36)38-17-9-15-35-16-10-28-41-40(35)38/h3-9,11-15,17-26,28H,2,10,16,27H2,1H3/b29-18-,42-39?. The third kappa shape index (κ3) is 6.79. The first-order chi connectivity index (χ1) is 21.1. The first kappa shape index (κ1) is 27.9. The number of aliphatic imine (C=N–C) groups is 2. The van der Waals surface area contributed by atoms with Gasteiger partial charge in [-0.15, -0.1) is 0 Å². The van der Waals surface area contributed by atoms with Gasteiger partial charge in [0.15, 0.2) is 0 Å². The molecule has 1 aliphatic heterocycles. The summed E-state index contributed by atoms with van der Waals surface area (Å²) in [7, 11) is 0. The van der Waals surface area contributed by atoms with Crippen molar-refractivity contribution in [3.8, 4) is 22.6 Å². The lowest BCUT2D eigenvalue weighted by Gasteiger charge is -2.14. The molecule has 5 aromatic carbocycles. The SMILES string of the molecule is C=C(N=C(C/C=C(/C)c1ccccc1)c1ccc(Oc2ccc(-c3cccc4c3N=CCC4)cc2)cc1)c1ccccc1. The van der Waals surface area contributed by atoms with Crippen molar-refractivity contribution < 1.29 is 4.74 Å². The van der Waals surface area contributed by atoms with Crippen LogP contribution in [0.4, 0.5) is 5.69 Å². The number of para-hydroxylation sites is 1. The zero-order chi connectivity index (χ0) is 29.4. The Bertz CT molecular complexity index is 1800. The first-order valence-electron chi connectivity index (χ1n) is 14.7. The number of benzene rings is 5. The van der Waals surface area contributed by atoms with Crippen LogP contribution in [0.3, 0.4) is 0 Å². The number of fused-ring (bicyclic) bond motifs is 1. The Morgan fingerprint density at radius 3 is 2.09 bits per heavy atom. The summed E-state index contributed by atoms with van der Waals surface area (Å²) in [5.74, 6) is 1.56. The summed E-state index contributed by atoms with van der Waals surface area (Å²) in [6.07, 6.45) is 6.97. The van der Waals surface area contributed by atoms with E-state index in [1.165, 1.54) is 16.7 Å². The number of hydrogen-bond acceptors (Lipinski definition) is 3. The van der Waals surface area contributed by atoms with Crippen molar-refractivity contribution in [1.82, 2.24) is 0 Å². The summed E-state index contributed by atoms with van der Waals surface area (Å²) < 4.78 is 6.22. The molecule has 3 nitrogen and oxygen atoms in total. The molecule has 0 unspecified atom stereocenters. The fourth-order valence-corrected chi connectivity index (χ4v) is 5.26. The predicted molar refractivity (Wildman–Crippen MR) is 182 cm³/mol. The summed E-state index contributed by atoms with van der Waals surface area (Å²) >= 11 is 0. The Kier molecular flexibility index (Phi) is 8.51. The van der Waals surface area contributed by atoms with E-state index in [1.54, 1.807) is 0 Å². The number of allylic oxidation sites excluding steroid dienone is 2.